The van der Waals surface area contributed by atoms with Crippen molar-refractivity contribution in [1.82, 2.24) is 4.31 Å². The zero-order valence-corrected chi connectivity index (χ0v) is 16.7. The summed E-state index contributed by atoms with van der Waals surface area (Å²) in [6, 6.07) is 9.55. The first-order valence-corrected chi connectivity index (χ1v) is 10.3. The van der Waals surface area contributed by atoms with Gasteiger partial charge in [0.05, 0.1) is 25.2 Å². The van der Waals surface area contributed by atoms with E-state index in [1.54, 1.807) is 20.3 Å². The third-order valence-corrected chi connectivity index (χ3v) is 6.76. The standard InChI is InChI=1S/C18H19Cl2NO4S/c1-24-17-6-5-12(8-18(17)25-2)16-4-3-7-21(16)26(22,23)15-10-13(19)9-14(20)11-15/h5-6,8-11,16H,3-4,7H2,1-2H3/t16-/m1/s1. The molecule has 2 aromatic carbocycles. The van der Waals surface area contributed by atoms with Crippen molar-refractivity contribution < 1.29 is 17.9 Å². The maximum atomic E-state index is 13.2. The van der Waals surface area contributed by atoms with Crippen LogP contribution in [0.15, 0.2) is 41.3 Å². The molecule has 8 heteroatoms. The van der Waals surface area contributed by atoms with E-state index in [-0.39, 0.29) is 21.0 Å². The van der Waals surface area contributed by atoms with Crippen molar-refractivity contribution in [2.24, 2.45) is 0 Å². The van der Waals surface area contributed by atoms with Crippen molar-refractivity contribution in [3.63, 3.8) is 0 Å². The molecule has 0 N–H and O–H groups in total. The summed E-state index contributed by atoms with van der Waals surface area (Å²) in [5, 5.41) is 0.580. The molecule has 0 aromatic heterocycles. The fraction of sp³-hybridized carbons (Fsp3) is 0.333. The minimum absolute atomic E-state index is 0.0994. The molecule has 1 aliphatic rings. The number of sulfonamides is 1. The van der Waals surface area contributed by atoms with Crippen LogP contribution in [0, 0.1) is 0 Å². The van der Waals surface area contributed by atoms with E-state index < -0.39 is 10.0 Å². The van der Waals surface area contributed by atoms with Gasteiger partial charge in [0.1, 0.15) is 0 Å². The average molecular weight is 416 g/mol. The van der Waals surface area contributed by atoms with Gasteiger partial charge in [0.25, 0.3) is 0 Å². The normalized spacial score (nSPS) is 18.1. The van der Waals surface area contributed by atoms with Crippen LogP contribution in [0.4, 0.5) is 0 Å². The van der Waals surface area contributed by atoms with Gasteiger partial charge in [-0.3, -0.25) is 0 Å². The summed E-state index contributed by atoms with van der Waals surface area (Å²) in [7, 11) is -0.607. The van der Waals surface area contributed by atoms with Crippen LogP contribution < -0.4 is 9.47 Å². The number of hydrogen-bond donors (Lipinski definition) is 0. The molecule has 140 valence electrons. The van der Waals surface area contributed by atoms with Gasteiger partial charge in [-0.2, -0.15) is 4.31 Å². The number of rotatable bonds is 5. The predicted octanol–water partition coefficient (Wildman–Crippen LogP) is 4.54. The van der Waals surface area contributed by atoms with E-state index in [2.05, 4.69) is 0 Å². The Hall–Kier alpha value is -1.47. The van der Waals surface area contributed by atoms with Gasteiger partial charge in [0.15, 0.2) is 11.5 Å². The second kappa shape index (κ2) is 7.64. The van der Waals surface area contributed by atoms with Crippen LogP contribution in [0.5, 0.6) is 11.5 Å². The van der Waals surface area contributed by atoms with Gasteiger partial charge in [0.2, 0.25) is 10.0 Å². The lowest BCUT2D eigenvalue weighted by molar-refractivity contribution is 0.351. The molecule has 3 rings (SSSR count). The largest absolute Gasteiger partial charge is 0.493 e. The average Bonchev–Trinajstić information content (AvgIpc) is 3.10. The third kappa shape index (κ3) is 3.64. The highest BCUT2D eigenvalue weighted by Gasteiger charge is 2.36. The first-order valence-electron chi connectivity index (χ1n) is 8.06. The van der Waals surface area contributed by atoms with Crippen LogP contribution in [0.1, 0.15) is 24.4 Å². The maximum absolute atomic E-state index is 13.2. The monoisotopic (exact) mass is 415 g/mol. The van der Waals surface area contributed by atoms with Crippen molar-refractivity contribution in [3.05, 3.63) is 52.0 Å². The zero-order valence-electron chi connectivity index (χ0n) is 14.4. The minimum Gasteiger partial charge on any atom is -0.493 e. The summed E-state index contributed by atoms with van der Waals surface area (Å²) in [6.07, 6.45) is 1.50. The third-order valence-electron chi connectivity index (χ3n) is 4.44. The molecule has 0 unspecified atom stereocenters. The van der Waals surface area contributed by atoms with E-state index in [0.717, 1.165) is 18.4 Å². The highest BCUT2D eigenvalue weighted by atomic mass is 35.5. The van der Waals surface area contributed by atoms with E-state index in [0.29, 0.717) is 18.0 Å². The topological polar surface area (TPSA) is 55.8 Å². The summed E-state index contributed by atoms with van der Waals surface area (Å²) in [6.45, 7) is 0.436. The van der Waals surface area contributed by atoms with Gasteiger partial charge in [-0.05, 0) is 48.7 Å². The van der Waals surface area contributed by atoms with Gasteiger partial charge in [-0.25, -0.2) is 8.42 Å². The molecule has 1 fully saturated rings. The summed E-state index contributed by atoms with van der Waals surface area (Å²) < 4.78 is 38.4. The molecule has 0 bridgehead atoms. The molecule has 1 heterocycles. The molecule has 26 heavy (non-hydrogen) atoms. The van der Waals surface area contributed by atoms with Gasteiger partial charge in [0, 0.05) is 16.6 Å². The number of hydrogen-bond acceptors (Lipinski definition) is 4. The van der Waals surface area contributed by atoms with Gasteiger partial charge >= 0.3 is 0 Å². The fourth-order valence-corrected chi connectivity index (χ4v) is 5.64. The molecule has 1 atom stereocenters. The van der Waals surface area contributed by atoms with Crippen molar-refractivity contribution >= 4 is 33.2 Å². The fourth-order valence-electron chi connectivity index (χ4n) is 3.23. The first kappa shape index (κ1) is 19.3. The highest BCUT2D eigenvalue weighted by molar-refractivity contribution is 7.89. The SMILES string of the molecule is COc1ccc([C@H]2CCCN2S(=O)(=O)c2cc(Cl)cc(Cl)c2)cc1OC. The van der Waals surface area contributed by atoms with Crippen LogP contribution in [0.2, 0.25) is 10.0 Å². The molecule has 0 amide bonds. The number of benzene rings is 2. The van der Waals surface area contributed by atoms with Crippen LogP contribution in [-0.2, 0) is 10.0 Å². The lowest BCUT2D eigenvalue weighted by Crippen LogP contribution is -2.30. The second-order valence-corrected chi connectivity index (χ2v) is 8.76. The first-order chi connectivity index (χ1) is 12.4. The van der Waals surface area contributed by atoms with E-state index in [1.807, 2.05) is 12.1 Å². The molecule has 1 aliphatic heterocycles. The van der Waals surface area contributed by atoms with Crippen molar-refractivity contribution in [2.75, 3.05) is 20.8 Å². The number of methoxy groups -OCH3 is 2. The number of halogens is 2. The van der Waals surface area contributed by atoms with Gasteiger partial charge in [-0.1, -0.05) is 29.3 Å². The Bertz CT molecular complexity index is 897. The second-order valence-electron chi connectivity index (χ2n) is 5.99. The van der Waals surface area contributed by atoms with Crippen LogP contribution in [-0.4, -0.2) is 33.5 Å². The van der Waals surface area contributed by atoms with E-state index in [1.165, 1.54) is 22.5 Å². The van der Waals surface area contributed by atoms with Crippen LogP contribution >= 0.6 is 23.2 Å². The Morgan fingerprint density at radius 3 is 2.27 bits per heavy atom. The molecule has 0 spiro atoms. The number of nitrogens with zero attached hydrogens (tertiary/aromatic N) is 1. The van der Waals surface area contributed by atoms with E-state index >= 15 is 0 Å². The highest BCUT2D eigenvalue weighted by Crippen LogP contribution is 2.40. The van der Waals surface area contributed by atoms with Gasteiger partial charge in [-0.15, -0.1) is 0 Å². The molecule has 1 saturated heterocycles. The van der Waals surface area contributed by atoms with Crippen molar-refractivity contribution in [1.29, 1.82) is 0 Å². The molecule has 0 radical (unpaired) electrons. The summed E-state index contributed by atoms with van der Waals surface area (Å²) in [5.41, 5.74) is 0.858. The van der Waals surface area contributed by atoms with E-state index in [4.69, 9.17) is 32.7 Å². The molecule has 2 aromatic rings. The van der Waals surface area contributed by atoms with Crippen LogP contribution in [0.3, 0.4) is 0 Å². The predicted molar refractivity (Wildman–Crippen MR) is 102 cm³/mol. The van der Waals surface area contributed by atoms with Gasteiger partial charge < -0.3 is 9.47 Å². The molecular weight excluding hydrogens is 397 g/mol. The minimum atomic E-state index is -3.72. The summed E-state index contributed by atoms with van der Waals surface area (Å²) in [5.74, 6) is 1.17. The van der Waals surface area contributed by atoms with Crippen molar-refractivity contribution in [2.45, 2.75) is 23.8 Å². The summed E-state index contributed by atoms with van der Waals surface area (Å²) in [4.78, 5) is 0.0994. The maximum Gasteiger partial charge on any atom is 0.243 e. The molecule has 0 saturated carbocycles. The Labute approximate surface area is 163 Å². The molecule has 5 nitrogen and oxygen atoms in total. The summed E-state index contributed by atoms with van der Waals surface area (Å²) >= 11 is 12.0. The smallest absolute Gasteiger partial charge is 0.243 e. The van der Waals surface area contributed by atoms with E-state index in [9.17, 15) is 8.42 Å². The lowest BCUT2D eigenvalue weighted by atomic mass is 10.0. The zero-order chi connectivity index (χ0) is 18.9. The Kier molecular flexibility index (Phi) is 5.67. The van der Waals surface area contributed by atoms with Crippen molar-refractivity contribution in [3.8, 4) is 11.5 Å². The molecule has 0 aliphatic carbocycles. The Morgan fingerprint density at radius 1 is 1.00 bits per heavy atom. The number of ether oxygens (including phenoxy) is 2. The van der Waals surface area contributed by atoms with Crippen LogP contribution in [0.25, 0.3) is 0 Å². The lowest BCUT2D eigenvalue weighted by Gasteiger charge is -2.25. The Morgan fingerprint density at radius 2 is 1.65 bits per heavy atom. The quantitative estimate of drug-likeness (QED) is 0.719. The molecular formula is C18H19Cl2NO4S. The Balaban J connectivity index is 2.00.